The van der Waals surface area contributed by atoms with Gasteiger partial charge in [0.15, 0.2) is 5.11 Å². The van der Waals surface area contributed by atoms with Crippen molar-refractivity contribution in [2.75, 3.05) is 11.9 Å². The maximum Gasteiger partial charge on any atom is 0.525 e. The van der Waals surface area contributed by atoms with Crippen LogP contribution < -0.4 is 10.6 Å². The predicted octanol–water partition coefficient (Wildman–Crippen LogP) is 4.46. The molecule has 1 aromatic carbocycles. The number of carbonyl (C=O) groups excluding carboxylic acids is 1. The van der Waals surface area contributed by atoms with Crippen LogP contribution in [0, 0.1) is 0 Å². The van der Waals surface area contributed by atoms with Crippen LogP contribution in [0.5, 0.6) is 0 Å². The molecule has 0 unspecified atom stereocenters. The lowest BCUT2D eigenvalue weighted by atomic mass is 9.83. The number of halogens is 1. The van der Waals surface area contributed by atoms with Crippen molar-refractivity contribution in [2.45, 2.75) is 52.7 Å². The fourth-order valence-electron chi connectivity index (χ4n) is 2.49. The number of hydrogen-bond donors (Lipinski definition) is 2. The van der Waals surface area contributed by atoms with Gasteiger partial charge in [0.05, 0.1) is 17.8 Å². The molecule has 9 heteroatoms. The molecular weight excluding hydrogens is 382 g/mol. The molecule has 1 fully saturated rings. The minimum atomic E-state index is -1.04. The van der Waals surface area contributed by atoms with E-state index in [4.69, 9.17) is 26.3 Å². The van der Waals surface area contributed by atoms with E-state index in [0.717, 1.165) is 0 Å². The van der Waals surface area contributed by atoms with Gasteiger partial charge >= 0.3 is 13.2 Å². The molecule has 0 saturated carbocycles. The van der Waals surface area contributed by atoms with Crippen LogP contribution in [0.15, 0.2) is 30.0 Å². The van der Waals surface area contributed by atoms with Crippen LogP contribution in [0.2, 0.25) is 0 Å². The van der Waals surface area contributed by atoms with Crippen LogP contribution in [0.3, 0.4) is 0 Å². The molecule has 28 heavy (non-hydrogen) atoms. The van der Waals surface area contributed by atoms with E-state index in [2.05, 4.69) is 10.6 Å². The summed E-state index contributed by atoms with van der Waals surface area (Å²) < 4.78 is 31.2. The number of thiocarbonyl (C=S) groups is 1. The SMILES string of the molecule is CCOC(=O)NC(=S)Nc1ccc(C(C)=C(F)B2OC(C)(C)C(C)(C)O2)cc1. The first-order valence-electron chi connectivity index (χ1n) is 9.04. The summed E-state index contributed by atoms with van der Waals surface area (Å²) in [5.41, 5.74) is 0.0857. The Morgan fingerprint density at radius 3 is 2.21 bits per heavy atom. The first-order chi connectivity index (χ1) is 13.0. The molecule has 1 saturated heterocycles. The van der Waals surface area contributed by atoms with E-state index < -0.39 is 30.1 Å². The lowest BCUT2D eigenvalue weighted by Crippen LogP contribution is -2.41. The average molecular weight is 408 g/mol. The number of amides is 1. The van der Waals surface area contributed by atoms with Crippen molar-refractivity contribution in [1.82, 2.24) is 5.32 Å². The van der Waals surface area contributed by atoms with E-state index >= 15 is 0 Å². The first-order valence-corrected chi connectivity index (χ1v) is 9.45. The van der Waals surface area contributed by atoms with E-state index in [1.54, 1.807) is 38.1 Å². The molecule has 0 radical (unpaired) electrons. The van der Waals surface area contributed by atoms with Crippen LogP contribution in [0.4, 0.5) is 14.9 Å². The van der Waals surface area contributed by atoms with E-state index in [0.29, 0.717) is 16.8 Å². The third kappa shape index (κ3) is 5.09. The van der Waals surface area contributed by atoms with Crippen LogP contribution in [-0.4, -0.2) is 36.1 Å². The zero-order valence-electron chi connectivity index (χ0n) is 17.0. The van der Waals surface area contributed by atoms with Gasteiger partial charge in [-0.15, -0.1) is 0 Å². The third-order valence-electron chi connectivity index (χ3n) is 4.89. The van der Waals surface area contributed by atoms with Crippen molar-refractivity contribution >= 4 is 41.8 Å². The van der Waals surface area contributed by atoms with Crippen LogP contribution in [0.1, 0.15) is 47.1 Å². The topological polar surface area (TPSA) is 68.8 Å². The second-order valence-electron chi connectivity index (χ2n) is 7.44. The van der Waals surface area contributed by atoms with E-state index in [1.165, 1.54) is 0 Å². The average Bonchev–Trinajstić information content (AvgIpc) is 2.82. The van der Waals surface area contributed by atoms with E-state index in [9.17, 15) is 9.18 Å². The molecular formula is C19H26BFN2O4S. The Kier molecular flexibility index (Phi) is 6.85. The highest BCUT2D eigenvalue weighted by atomic mass is 32.1. The highest BCUT2D eigenvalue weighted by Crippen LogP contribution is 2.40. The standard InChI is InChI=1S/C19H26BFN2O4S/c1-7-25-17(24)23-16(28)22-14-10-8-13(9-11-14)12(2)15(21)20-26-18(3,4)19(5,6)27-20/h8-11H,7H2,1-6H3,(H2,22,23,24,28). The van der Waals surface area contributed by atoms with Gasteiger partial charge in [-0.1, -0.05) is 12.1 Å². The van der Waals surface area contributed by atoms with Gasteiger partial charge in [0, 0.05) is 5.69 Å². The molecule has 0 aliphatic carbocycles. The second-order valence-corrected chi connectivity index (χ2v) is 7.85. The monoisotopic (exact) mass is 408 g/mol. The van der Waals surface area contributed by atoms with E-state index in [1.807, 2.05) is 27.7 Å². The number of ether oxygens (including phenoxy) is 1. The zero-order chi connectivity index (χ0) is 21.1. The van der Waals surface area contributed by atoms with Crippen LogP contribution in [-0.2, 0) is 14.0 Å². The smallest absolute Gasteiger partial charge is 0.450 e. The maximum absolute atomic E-state index is 14.9. The summed E-state index contributed by atoms with van der Waals surface area (Å²) in [6, 6.07) is 6.95. The van der Waals surface area contributed by atoms with Crippen molar-refractivity contribution in [3.63, 3.8) is 0 Å². The second kappa shape index (κ2) is 8.59. The van der Waals surface area contributed by atoms with Gasteiger partial charge in [-0.05, 0) is 77.0 Å². The molecule has 2 rings (SSSR count). The lowest BCUT2D eigenvalue weighted by Gasteiger charge is -2.32. The Bertz CT molecular complexity index is 765. The van der Waals surface area contributed by atoms with Gasteiger partial charge in [-0.2, -0.15) is 0 Å². The Labute approximate surface area is 170 Å². The van der Waals surface area contributed by atoms with Crippen LogP contribution >= 0.6 is 12.2 Å². The molecule has 1 aromatic rings. The molecule has 1 heterocycles. The van der Waals surface area contributed by atoms with Crippen molar-refractivity contribution in [1.29, 1.82) is 0 Å². The third-order valence-corrected chi connectivity index (χ3v) is 5.09. The number of rotatable bonds is 4. The summed E-state index contributed by atoms with van der Waals surface area (Å²) in [5, 5.41) is 5.37. The summed E-state index contributed by atoms with van der Waals surface area (Å²) in [6.07, 6.45) is -0.625. The maximum atomic E-state index is 14.9. The van der Waals surface area contributed by atoms with Gasteiger partial charge in [-0.3, -0.25) is 5.32 Å². The molecule has 6 nitrogen and oxygen atoms in total. The molecule has 0 atom stereocenters. The highest BCUT2D eigenvalue weighted by molar-refractivity contribution is 7.80. The summed E-state index contributed by atoms with van der Waals surface area (Å²) in [7, 11) is -1.04. The number of nitrogens with one attached hydrogen (secondary N) is 2. The predicted molar refractivity (Wildman–Crippen MR) is 113 cm³/mol. The number of benzene rings is 1. The molecule has 1 aliphatic heterocycles. The Balaban J connectivity index is 2.07. The molecule has 0 aromatic heterocycles. The largest absolute Gasteiger partial charge is 0.525 e. The number of allylic oxidation sites excluding steroid dienone is 1. The molecule has 152 valence electrons. The number of carbonyl (C=O) groups is 1. The van der Waals surface area contributed by atoms with E-state index in [-0.39, 0.29) is 11.7 Å². The van der Waals surface area contributed by atoms with Gasteiger partial charge in [0.1, 0.15) is 5.73 Å². The fourth-order valence-corrected chi connectivity index (χ4v) is 2.69. The molecule has 1 aliphatic rings. The van der Waals surface area contributed by atoms with Gasteiger partial charge < -0.3 is 19.4 Å². The zero-order valence-corrected chi connectivity index (χ0v) is 17.8. The molecule has 0 spiro atoms. The summed E-state index contributed by atoms with van der Waals surface area (Å²) in [4.78, 5) is 11.3. The minimum absolute atomic E-state index is 0.113. The summed E-state index contributed by atoms with van der Waals surface area (Å²) in [6.45, 7) is 11.1. The fraction of sp³-hybridized carbons (Fsp3) is 0.474. The molecule has 2 N–H and O–H groups in total. The number of anilines is 1. The van der Waals surface area contributed by atoms with Crippen LogP contribution in [0.25, 0.3) is 5.57 Å². The van der Waals surface area contributed by atoms with Gasteiger partial charge in [0.25, 0.3) is 0 Å². The summed E-state index contributed by atoms with van der Waals surface area (Å²) in [5.74, 6) is 0. The minimum Gasteiger partial charge on any atom is -0.450 e. The Hall–Kier alpha value is -1.97. The first kappa shape index (κ1) is 22.3. The van der Waals surface area contributed by atoms with Crippen molar-refractivity contribution < 1.29 is 23.2 Å². The number of alkyl carbamates (subject to hydrolysis) is 1. The van der Waals surface area contributed by atoms with Gasteiger partial charge in [-0.25, -0.2) is 9.18 Å². The Morgan fingerprint density at radius 1 is 1.18 bits per heavy atom. The normalized spacial score (nSPS) is 18.3. The molecule has 0 bridgehead atoms. The number of hydrogen-bond acceptors (Lipinski definition) is 5. The summed E-state index contributed by atoms with van der Waals surface area (Å²) >= 11 is 5.04. The lowest BCUT2D eigenvalue weighted by molar-refractivity contribution is 0.00578. The van der Waals surface area contributed by atoms with Gasteiger partial charge in [0.2, 0.25) is 0 Å². The quantitative estimate of drug-likeness (QED) is 0.566. The highest BCUT2D eigenvalue weighted by Gasteiger charge is 2.53. The van der Waals surface area contributed by atoms with Crippen molar-refractivity contribution in [3.8, 4) is 0 Å². The Morgan fingerprint density at radius 2 is 1.71 bits per heavy atom. The molecule has 1 amide bonds. The van der Waals surface area contributed by atoms with Crippen molar-refractivity contribution in [3.05, 3.63) is 35.6 Å². The van der Waals surface area contributed by atoms with Crippen molar-refractivity contribution in [2.24, 2.45) is 0 Å².